The fourth-order valence-electron chi connectivity index (χ4n) is 3.98. The summed E-state index contributed by atoms with van der Waals surface area (Å²) in [6.45, 7) is 0.760. The monoisotopic (exact) mass is 437 g/mol. The van der Waals surface area contributed by atoms with Crippen molar-refractivity contribution in [2.24, 2.45) is 0 Å². The highest BCUT2D eigenvalue weighted by atomic mass is 16.6. The summed E-state index contributed by atoms with van der Waals surface area (Å²) in [7, 11) is 1.56. The minimum absolute atomic E-state index is 0.143. The van der Waals surface area contributed by atoms with Gasteiger partial charge in [-0.3, -0.25) is 0 Å². The largest absolute Gasteiger partial charge is 0.495 e. The molecule has 3 N–H and O–H groups in total. The molecule has 10 heteroatoms. The zero-order valence-corrected chi connectivity index (χ0v) is 17.4. The van der Waals surface area contributed by atoms with Gasteiger partial charge < -0.3 is 34.6 Å². The van der Waals surface area contributed by atoms with Crippen molar-refractivity contribution in [2.75, 3.05) is 31.0 Å². The second kappa shape index (κ2) is 8.85. The zero-order valence-electron chi connectivity index (χ0n) is 17.4. The van der Waals surface area contributed by atoms with Gasteiger partial charge in [0.25, 0.3) is 0 Å². The number of carbonyl (C=O) groups is 1. The molecule has 2 fully saturated rings. The average Bonchev–Trinajstić information content (AvgIpc) is 3.55. The molecule has 2 aliphatic heterocycles. The van der Waals surface area contributed by atoms with Gasteiger partial charge in [0.15, 0.2) is 5.76 Å². The lowest BCUT2D eigenvalue weighted by atomic mass is 10.1. The van der Waals surface area contributed by atoms with E-state index in [4.69, 9.17) is 18.6 Å². The molecule has 10 nitrogen and oxygen atoms in total. The van der Waals surface area contributed by atoms with Crippen LogP contribution >= 0.6 is 0 Å². The van der Waals surface area contributed by atoms with Crippen LogP contribution in [0.15, 0.2) is 59.3 Å². The van der Waals surface area contributed by atoms with E-state index in [9.17, 15) is 4.79 Å². The van der Waals surface area contributed by atoms with Gasteiger partial charge in [0.05, 0.1) is 44.4 Å². The number of hydrogen-bond acceptors (Lipinski definition) is 8. The van der Waals surface area contributed by atoms with Crippen LogP contribution < -0.4 is 20.7 Å². The van der Waals surface area contributed by atoms with Crippen molar-refractivity contribution in [3.8, 4) is 17.2 Å². The Labute approximate surface area is 184 Å². The van der Waals surface area contributed by atoms with Gasteiger partial charge in [-0.1, -0.05) is 12.1 Å². The summed E-state index contributed by atoms with van der Waals surface area (Å²) >= 11 is 0. The van der Waals surface area contributed by atoms with E-state index in [1.807, 2.05) is 24.3 Å². The van der Waals surface area contributed by atoms with Crippen LogP contribution in [0.2, 0.25) is 0 Å². The third kappa shape index (κ3) is 4.10. The number of para-hydroxylation sites is 2. The van der Waals surface area contributed by atoms with Crippen molar-refractivity contribution < 1.29 is 23.4 Å². The number of benzene rings is 1. The quantitative estimate of drug-likeness (QED) is 0.538. The molecule has 1 aromatic carbocycles. The van der Waals surface area contributed by atoms with Crippen LogP contribution in [0.4, 0.5) is 16.4 Å². The van der Waals surface area contributed by atoms with Crippen molar-refractivity contribution in [1.82, 2.24) is 15.3 Å². The van der Waals surface area contributed by atoms with Crippen molar-refractivity contribution in [2.45, 2.75) is 24.3 Å². The number of fused-ring (bicyclic) bond motifs is 1. The van der Waals surface area contributed by atoms with Crippen molar-refractivity contribution in [1.29, 1.82) is 0 Å². The Morgan fingerprint density at radius 2 is 1.88 bits per heavy atom. The highest BCUT2D eigenvalue weighted by Crippen LogP contribution is 2.29. The molecule has 5 rings (SSSR count). The minimum Gasteiger partial charge on any atom is -0.495 e. The molecule has 0 unspecified atom stereocenters. The van der Waals surface area contributed by atoms with Gasteiger partial charge in [0.2, 0.25) is 5.95 Å². The van der Waals surface area contributed by atoms with Gasteiger partial charge in [0, 0.05) is 6.20 Å². The van der Waals surface area contributed by atoms with E-state index >= 15 is 0 Å². The average molecular weight is 437 g/mol. The maximum absolute atomic E-state index is 12.5. The first-order valence-corrected chi connectivity index (χ1v) is 10.3. The number of furan rings is 1. The van der Waals surface area contributed by atoms with Crippen molar-refractivity contribution >= 4 is 17.7 Å². The predicted octanol–water partition coefficient (Wildman–Crippen LogP) is 2.51. The molecular weight excluding hydrogens is 414 g/mol. The lowest BCUT2D eigenvalue weighted by Gasteiger charge is -2.19. The van der Waals surface area contributed by atoms with Gasteiger partial charge in [-0.25, -0.2) is 14.8 Å². The molecule has 3 aromatic rings. The number of methoxy groups -OCH3 is 1. The fraction of sp³-hybridized carbons (Fsp3) is 0.318. The second-order valence-corrected chi connectivity index (χ2v) is 7.49. The summed E-state index contributed by atoms with van der Waals surface area (Å²) in [6.07, 6.45) is 2.76. The maximum Gasteiger partial charge on any atom is 0.319 e. The zero-order chi connectivity index (χ0) is 21.9. The van der Waals surface area contributed by atoms with Gasteiger partial charge >= 0.3 is 6.03 Å². The fourth-order valence-corrected chi connectivity index (χ4v) is 3.98. The molecule has 166 valence electrons. The number of nitrogens with one attached hydrogen (secondary N) is 3. The third-order valence-corrected chi connectivity index (χ3v) is 5.47. The number of aromatic nitrogens is 2. The van der Waals surface area contributed by atoms with Gasteiger partial charge in [-0.05, 0) is 30.3 Å². The Bertz CT molecular complexity index is 1080. The lowest BCUT2D eigenvalue weighted by molar-refractivity contribution is 0.0683. The first-order valence-electron chi connectivity index (χ1n) is 10.3. The molecule has 0 aliphatic carbocycles. The SMILES string of the molecule is COc1ccccc1NC(=O)N[C@@H]1CO[C@@H]2[C@@H]1OC[C@@H]2Nc1nccc(-c2ccco2)n1. The summed E-state index contributed by atoms with van der Waals surface area (Å²) in [5, 5.41) is 9.03. The van der Waals surface area contributed by atoms with Gasteiger partial charge in [0.1, 0.15) is 23.7 Å². The Balaban J connectivity index is 1.20. The smallest absolute Gasteiger partial charge is 0.319 e. The number of anilines is 2. The van der Waals surface area contributed by atoms with E-state index < -0.39 is 0 Å². The maximum atomic E-state index is 12.5. The van der Waals surface area contributed by atoms with E-state index in [1.165, 1.54) is 0 Å². The van der Waals surface area contributed by atoms with E-state index in [-0.39, 0.29) is 30.3 Å². The molecule has 0 radical (unpaired) electrons. The molecule has 4 atom stereocenters. The number of urea groups is 1. The van der Waals surface area contributed by atoms with Crippen molar-refractivity contribution in [3.05, 3.63) is 54.9 Å². The van der Waals surface area contributed by atoms with Gasteiger partial charge in [-0.2, -0.15) is 0 Å². The number of hydrogen-bond donors (Lipinski definition) is 3. The molecule has 2 amide bonds. The Morgan fingerprint density at radius 1 is 1.06 bits per heavy atom. The minimum atomic E-state index is -0.349. The van der Waals surface area contributed by atoms with Crippen LogP contribution in [-0.4, -0.2) is 60.6 Å². The highest BCUT2D eigenvalue weighted by molar-refractivity contribution is 5.91. The molecule has 2 saturated heterocycles. The van der Waals surface area contributed by atoms with Gasteiger partial charge in [-0.15, -0.1) is 0 Å². The summed E-state index contributed by atoms with van der Waals surface area (Å²) in [5.41, 5.74) is 1.27. The first kappa shape index (κ1) is 20.3. The number of ether oxygens (including phenoxy) is 3. The van der Waals surface area contributed by atoms with E-state index in [2.05, 4.69) is 25.9 Å². The van der Waals surface area contributed by atoms with Crippen LogP contribution in [0.1, 0.15) is 0 Å². The van der Waals surface area contributed by atoms with Crippen LogP contribution in [0.25, 0.3) is 11.5 Å². The van der Waals surface area contributed by atoms with E-state index in [1.54, 1.807) is 37.8 Å². The topological polar surface area (TPSA) is 120 Å². The predicted molar refractivity (Wildman–Crippen MR) is 116 cm³/mol. The summed E-state index contributed by atoms with van der Waals surface area (Å²) in [4.78, 5) is 21.3. The normalized spacial score (nSPS) is 24.0. The highest BCUT2D eigenvalue weighted by Gasteiger charge is 2.48. The first-order chi connectivity index (χ1) is 15.7. The Morgan fingerprint density at radius 3 is 2.69 bits per heavy atom. The number of nitrogens with zero attached hydrogens (tertiary/aromatic N) is 2. The molecule has 2 aromatic heterocycles. The lowest BCUT2D eigenvalue weighted by Crippen LogP contribution is -2.46. The molecule has 4 heterocycles. The summed E-state index contributed by atoms with van der Waals surface area (Å²) < 4.78 is 22.6. The van der Waals surface area contributed by atoms with Crippen LogP contribution in [0, 0.1) is 0 Å². The standard InChI is InChI=1S/C22H23N5O5/c1-29-17-6-3-2-5-13(17)26-22(28)27-16-12-32-19-15(11-31-20(16)19)25-21-23-9-8-14(24-21)18-7-4-10-30-18/h2-10,15-16,19-20H,11-12H2,1H3,(H,23,24,25)(H2,26,27,28)/t15-,16+,19-,20+/m0/s1. The van der Waals surface area contributed by atoms with Crippen LogP contribution in [0.5, 0.6) is 5.75 Å². The molecule has 0 spiro atoms. The molecule has 32 heavy (non-hydrogen) atoms. The second-order valence-electron chi connectivity index (χ2n) is 7.49. The number of carbonyl (C=O) groups excluding carboxylic acids is 1. The summed E-state index contributed by atoms with van der Waals surface area (Å²) in [5.74, 6) is 1.71. The van der Waals surface area contributed by atoms with Crippen LogP contribution in [-0.2, 0) is 9.47 Å². The van der Waals surface area contributed by atoms with Crippen LogP contribution in [0.3, 0.4) is 0 Å². The van der Waals surface area contributed by atoms with Crippen molar-refractivity contribution in [3.63, 3.8) is 0 Å². The molecular formula is C22H23N5O5. The third-order valence-electron chi connectivity index (χ3n) is 5.47. The molecule has 2 aliphatic rings. The number of rotatable bonds is 6. The molecule has 0 saturated carbocycles. The Kier molecular flexibility index (Phi) is 5.61. The Hall–Kier alpha value is -3.63. The molecule has 0 bridgehead atoms. The number of amides is 2. The van der Waals surface area contributed by atoms with E-state index in [0.29, 0.717) is 42.1 Å². The summed E-state index contributed by atoms with van der Waals surface area (Å²) in [6, 6.07) is 11.9. The van der Waals surface area contributed by atoms with E-state index in [0.717, 1.165) is 0 Å².